The number of rotatable bonds is 4. The smallest absolute Gasteiger partial charge is 0.263 e. The Morgan fingerprint density at radius 1 is 1.13 bits per heavy atom. The average molecular weight is 343 g/mol. The fourth-order valence-corrected chi connectivity index (χ4v) is 3.33. The zero-order chi connectivity index (χ0) is 16.2. The van der Waals surface area contributed by atoms with Crippen LogP contribution >= 0.6 is 22.9 Å². The maximum Gasteiger partial charge on any atom is 0.263 e. The fourth-order valence-electron chi connectivity index (χ4n) is 2.27. The molecule has 0 aliphatic carbocycles. The molecule has 5 heteroatoms. The molecule has 1 aromatic heterocycles. The molecular weight excluding hydrogens is 328 g/mol. The first-order valence-electron chi connectivity index (χ1n) is 7.19. The van der Waals surface area contributed by atoms with E-state index >= 15 is 0 Å². The lowest BCUT2D eigenvalue weighted by molar-refractivity contribution is 0.0955. The summed E-state index contributed by atoms with van der Waals surface area (Å²) in [5.41, 5.74) is 2.56. The van der Waals surface area contributed by atoms with Crippen LogP contribution in [0.3, 0.4) is 0 Å². The molecule has 0 spiro atoms. The molecule has 2 aromatic carbocycles. The number of halogens is 1. The van der Waals surface area contributed by atoms with Gasteiger partial charge in [0.25, 0.3) is 5.91 Å². The van der Waals surface area contributed by atoms with Crippen LogP contribution in [0.15, 0.2) is 54.6 Å². The number of carbonyl (C=O) groups is 1. The quantitative estimate of drug-likeness (QED) is 0.746. The first kappa shape index (κ1) is 15.7. The summed E-state index contributed by atoms with van der Waals surface area (Å²) in [6, 6.07) is 17.2. The van der Waals surface area contributed by atoms with Crippen molar-refractivity contribution in [2.75, 3.05) is 0 Å². The van der Waals surface area contributed by atoms with E-state index in [1.54, 1.807) is 0 Å². The lowest BCUT2D eigenvalue weighted by atomic mass is 10.1. The SMILES string of the molecule is Cc1nc(-c2ccccc2)c(C(=O)NCc2ccccc2Cl)s1. The van der Waals surface area contributed by atoms with E-state index in [2.05, 4.69) is 10.3 Å². The second-order valence-corrected chi connectivity index (χ2v) is 6.66. The Kier molecular flexibility index (Phi) is 4.74. The molecule has 0 unspecified atom stereocenters. The third-order valence-corrected chi connectivity index (χ3v) is 4.72. The minimum Gasteiger partial charge on any atom is -0.347 e. The summed E-state index contributed by atoms with van der Waals surface area (Å²) >= 11 is 7.52. The number of nitrogens with zero attached hydrogens (tertiary/aromatic N) is 1. The van der Waals surface area contributed by atoms with Crippen molar-refractivity contribution in [2.45, 2.75) is 13.5 Å². The fraction of sp³-hybridized carbons (Fsp3) is 0.111. The van der Waals surface area contributed by atoms with E-state index in [0.29, 0.717) is 16.4 Å². The van der Waals surface area contributed by atoms with Gasteiger partial charge in [0.15, 0.2) is 0 Å². The number of hydrogen-bond acceptors (Lipinski definition) is 3. The van der Waals surface area contributed by atoms with Gasteiger partial charge in [-0.1, -0.05) is 60.1 Å². The highest BCUT2D eigenvalue weighted by Crippen LogP contribution is 2.28. The first-order valence-corrected chi connectivity index (χ1v) is 8.39. The van der Waals surface area contributed by atoms with Gasteiger partial charge in [-0.15, -0.1) is 11.3 Å². The molecular formula is C18H15ClN2OS. The summed E-state index contributed by atoms with van der Waals surface area (Å²) in [6.07, 6.45) is 0. The van der Waals surface area contributed by atoms with Crippen molar-refractivity contribution in [1.29, 1.82) is 0 Å². The van der Waals surface area contributed by atoms with Crippen molar-refractivity contribution in [3.63, 3.8) is 0 Å². The Morgan fingerprint density at radius 3 is 2.57 bits per heavy atom. The van der Waals surface area contributed by atoms with Crippen molar-refractivity contribution in [3.05, 3.63) is 75.1 Å². The summed E-state index contributed by atoms with van der Waals surface area (Å²) in [6.45, 7) is 2.30. The molecule has 0 saturated carbocycles. The highest BCUT2D eigenvalue weighted by molar-refractivity contribution is 7.14. The molecule has 1 heterocycles. The number of aromatic nitrogens is 1. The van der Waals surface area contributed by atoms with Crippen molar-refractivity contribution < 1.29 is 4.79 Å². The predicted molar refractivity (Wildman–Crippen MR) is 94.9 cm³/mol. The van der Waals surface area contributed by atoms with Gasteiger partial charge in [-0.3, -0.25) is 4.79 Å². The Bertz CT molecular complexity index is 830. The molecule has 23 heavy (non-hydrogen) atoms. The summed E-state index contributed by atoms with van der Waals surface area (Å²) in [7, 11) is 0. The molecule has 0 radical (unpaired) electrons. The normalized spacial score (nSPS) is 10.5. The molecule has 3 rings (SSSR count). The van der Waals surface area contributed by atoms with Gasteiger partial charge in [0.1, 0.15) is 4.88 Å². The van der Waals surface area contributed by atoms with E-state index in [0.717, 1.165) is 21.8 Å². The number of aryl methyl sites for hydroxylation is 1. The van der Waals surface area contributed by atoms with Crippen LogP contribution in [0.4, 0.5) is 0 Å². The average Bonchev–Trinajstić information content (AvgIpc) is 2.97. The first-order chi connectivity index (χ1) is 11.1. The van der Waals surface area contributed by atoms with Crippen LogP contribution in [0.25, 0.3) is 11.3 Å². The zero-order valence-electron chi connectivity index (χ0n) is 12.5. The predicted octanol–water partition coefficient (Wildman–Crippen LogP) is 4.70. The van der Waals surface area contributed by atoms with Crippen LogP contribution in [0.5, 0.6) is 0 Å². The molecule has 0 aliphatic rings. The second kappa shape index (κ2) is 6.94. The highest BCUT2D eigenvalue weighted by atomic mass is 35.5. The lowest BCUT2D eigenvalue weighted by Crippen LogP contribution is -2.22. The van der Waals surface area contributed by atoms with Crippen molar-refractivity contribution >= 4 is 28.8 Å². The van der Waals surface area contributed by atoms with Crippen molar-refractivity contribution in [3.8, 4) is 11.3 Å². The maximum absolute atomic E-state index is 12.6. The van der Waals surface area contributed by atoms with E-state index in [1.165, 1.54) is 11.3 Å². The molecule has 3 aromatic rings. The number of benzene rings is 2. The lowest BCUT2D eigenvalue weighted by Gasteiger charge is -2.07. The second-order valence-electron chi connectivity index (χ2n) is 5.05. The Hall–Kier alpha value is -2.17. The number of amides is 1. The zero-order valence-corrected chi connectivity index (χ0v) is 14.1. The van der Waals surface area contributed by atoms with E-state index in [1.807, 2.05) is 61.5 Å². The van der Waals surface area contributed by atoms with E-state index in [4.69, 9.17) is 11.6 Å². The van der Waals surface area contributed by atoms with Gasteiger partial charge in [-0.25, -0.2) is 4.98 Å². The molecule has 0 fully saturated rings. The number of nitrogens with one attached hydrogen (secondary N) is 1. The Labute approximate surface area is 144 Å². The van der Waals surface area contributed by atoms with Crippen LogP contribution in [0.2, 0.25) is 5.02 Å². The minimum atomic E-state index is -0.130. The van der Waals surface area contributed by atoms with Gasteiger partial charge < -0.3 is 5.32 Å². The summed E-state index contributed by atoms with van der Waals surface area (Å²) in [5.74, 6) is -0.130. The van der Waals surface area contributed by atoms with Crippen LogP contribution in [0.1, 0.15) is 20.2 Å². The summed E-state index contributed by atoms with van der Waals surface area (Å²) < 4.78 is 0. The van der Waals surface area contributed by atoms with Gasteiger partial charge in [0, 0.05) is 17.1 Å². The molecule has 0 saturated heterocycles. The van der Waals surface area contributed by atoms with Gasteiger partial charge in [-0.2, -0.15) is 0 Å². The van der Waals surface area contributed by atoms with Crippen molar-refractivity contribution in [2.24, 2.45) is 0 Å². The Morgan fingerprint density at radius 2 is 1.83 bits per heavy atom. The maximum atomic E-state index is 12.6. The third kappa shape index (κ3) is 3.60. The van der Waals surface area contributed by atoms with Crippen molar-refractivity contribution in [1.82, 2.24) is 10.3 Å². The molecule has 0 aliphatic heterocycles. The molecule has 0 bridgehead atoms. The van der Waals surface area contributed by atoms with Crippen LogP contribution in [-0.2, 0) is 6.54 Å². The summed E-state index contributed by atoms with van der Waals surface area (Å²) in [5, 5.41) is 4.44. The molecule has 1 amide bonds. The van der Waals surface area contributed by atoms with E-state index in [9.17, 15) is 4.79 Å². The van der Waals surface area contributed by atoms with E-state index in [-0.39, 0.29) is 5.91 Å². The molecule has 3 nitrogen and oxygen atoms in total. The topological polar surface area (TPSA) is 42.0 Å². The number of hydrogen-bond donors (Lipinski definition) is 1. The number of thiazole rings is 1. The van der Waals surface area contributed by atoms with Crippen LogP contribution in [0, 0.1) is 6.92 Å². The van der Waals surface area contributed by atoms with Gasteiger partial charge >= 0.3 is 0 Å². The molecule has 116 valence electrons. The van der Waals surface area contributed by atoms with Crippen LogP contribution in [-0.4, -0.2) is 10.9 Å². The molecule has 0 atom stereocenters. The minimum absolute atomic E-state index is 0.130. The highest BCUT2D eigenvalue weighted by Gasteiger charge is 2.18. The monoisotopic (exact) mass is 342 g/mol. The third-order valence-electron chi connectivity index (χ3n) is 3.38. The van der Waals surface area contributed by atoms with Crippen LogP contribution < -0.4 is 5.32 Å². The number of carbonyl (C=O) groups excluding carboxylic acids is 1. The largest absolute Gasteiger partial charge is 0.347 e. The van der Waals surface area contributed by atoms with E-state index < -0.39 is 0 Å². The molecule has 1 N–H and O–H groups in total. The van der Waals surface area contributed by atoms with Gasteiger partial charge in [-0.05, 0) is 18.6 Å². The Balaban J connectivity index is 1.82. The standard InChI is InChI=1S/C18H15ClN2OS/c1-12-21-16(13-7-3-2-4-8-13)17(23-12)18(22)20-11-14-9-5-6-10-15(14)19/h2-10H,11H2,1H3,(H,20,22). The van der Waals surface area contributed by atoms with Gasteiger partial charge in [0.2, 0.25) is 0 Å². The van der Waals surface area contributed by atoms with Gasteiger partial charge in [0.05, 0.1) is 10.7 Å². The summed E-state index contributed by atoms with van der Waals surface area (Å²) in [4.78, 5) is 17.7.